The maximum absolute atomic E-state index is 14.0. The Morgan fingerprint density at radius 3 is 2.52 bits per heavy atom. The fourth-order valence-corrected chi connectivity index (χ4v) is 7.04. The molecular weight excluding hydrogens is 544 g/mol. The minimum atomic E-state index is -2.72. The van der Waals surface area contributed by atoms with Crippen LogP contribution in [0.15, 0.2) is 36.2 Å². The molecule has 3 aliphatic carbocycles. The maximum atomic E-state index is 14.0. The Morgan fingerprint density at radius 2 is 1.93 bits per heavy atom. The maximum Gasteiger partial charge on any atom is 0.253 e. The molecule has 1 heterocycles. The van der Waals surface area contributed by atoms with Crippen molar-refractivity contribution < 1.29 is 39.6 Å². The van der Waals surface area contributed by atoms with E-state index in [1.165, 1.54) is 12.4 Å². The van der Waals surface area contributed by atoms with E-state index >= 15 is 0 Å². The van der Waals surface area contributed by atoms with Crippen LogP contribution in [0.4, 0.5) is 0 Å². The normalized spacial score (nSPS) is 28.7. The van der Waals surface area contributed by atoms with Gasteiger partial charge in [-0.1, -0.05) is 13.0 Å². The molecule has 6 atom stereocenters. The van der Waals surface area contributed by atoms with Gasteiger partial charge in [0.25, 0.3) is 5.91 Å². The highest BCUT2D eigenvalue weighted by molar-refractivity contribution is 6.25. The lowest BCUT2D eigenvalue weighted by molar-refractivity contribution is -0.184. The van der Waals surface area contributed by atoms with E-state index in [1.54, 1.807) is 37.2 Å². The van der Waals surface area contributed by atoms with Crippen LogP contribution in [0.3, 0.4) is 0 Å². The number of Topliss-reactive ketones (excluding diaryl/α,β-unsaturated/α-hetero) is 2. The molecule has 1 aromatic heterocycles. The molecule has 12 nitrogen and oxygen atoms in total. The zero-order valence-corrected chi connectivity index (χ0v) is 23.5. The van der Waals surface area contributed by atoms with Gasteiger partial charge in [-0.2, -0.15) is 0 Å². The summed E-state index contributed by atoms with van der Waals surface area (Å²) in [6, 6.07) is 3.99. The average molecular weight is 579 g/mol. The highest BCUT2D eigenvalue weighted by atomic mass is 16.3. The van der Waals surface area contributed by atoms with E-state index in [0.717, 1.165) is 5.56 Å². The molecule has 0 aliphatic heterocycles. The number of benzene rings is 1. The number of nitrogens with two attached hydrogens (primary N) is 1. The number of nitrogens with one attached hydrogen (secondary N) is 1. The molecule has 12 heteroatoms. The third-order valence-corrected chi connectivity index (χ3v) is 9.00. The largest absolute Gasteiger partial charge is 0.507 e. The quantitative estimate of drug-likeness (QED) is 0.254. The van der Waals surface area contributed by atoms with Crippen molar-refractivity contribution in [2.24, 2.45) is 23.5 Å². The van der Waals surface area contributed by atoms with Gasteiger partial charge in [-0.05, 0) is 62.5 Å². The number of likely N-dealkylation sites (N-methyl/N-ethyl adjacent to an activating group) is 1. The summed E-state index contributed by atoms with van der Waals surface area (Å²) >= 11 is 0. The van der Waals surface area contributed by atoms with Crippen molar-refractivity contribution in [2.75, 3.05) is 14.1 Å². The molecule has 1 aromatic carbocycles. The number of nitrogens with zero attached hydrogens (tertiary/aromatic N) is 2. The number of carbonyl (C=O) groups excluding carboxylic acids is 4. The molecule has 0 radical (unpaired) electrons. The first-order valence-corrected chi connectivity index (χ1v) is 13.8. The number of aryl methyl sites for hydroxylation is 1. The van der Waals surface area contributed by atoms with Crippen LogP contribution in [-0.2, 0) is 33.8 Å². The van der Waals surface area contributed by atoms with E-state index in [1.807, 2.05) is 6.92 Å². The Morgan fingerprint density at radius 1 is 1.21 bits per heavy atom. The fourth-order valence-electron chi connectivity index (χ4n) is 7.04. The zero-order chi connectivity index (χ0) is 30.7. The zero-order valence-electron chi connectivity index (χ0n) is 23.5. The average Bonchev–Trinajstić information content (AvgIpc) is 2.94. The molecule has 0 saturated heterocycles. The van der Waals surface area contributed by atoms with Gasteiger partial charge in [-0.25, -0.2) is 0 Å². The highest BCUT2D eigenvalue weighted by Crippen LogP contribution is 2.53. The van der Waals surface area contributed by atoms with Gasteiger partial charge in [0.1, 0.15) is 17.4 Å². The number of phenols is 1. The number of hydrogen-bond donors (Lipinski definition) is 6. The number of primary amides is 1. The number of ketones is 2. The molecule has 3 aliphatic rings. The number of rotatable bonds is 6. The second-order valence-electron chi connectivity index (χ2n) is 11.5. The molecule has 5 rings (SSSR count). The van der Waals surface area contributed by atoms with E-state index in [4.69, 9.17) is 5.73 Å². The minimum Gasteiger partial charge on any atom is -0.507 e. The first-order valence-electron chi connectivity index (χ1n) is 13.8. The van der Waals surface area contributed by atoms with Crippen LogP contribution in [0.5, 0.6) is 5.75 Å². The molecular formula is C30H34N4O8. The van der Waals surface area contributed by atoms with Crippen LogP contribution in [-0.4, -0.2) is 85.5 Å². The highest BCUT2D eigenvalue weighted by Gasteiger charge is 2.67. The SMILES string of the molecule is CCc1cc(CNC(=O)c2cccnc2)c(O)c2c1C[C@H]1C[C@H]3[C@H](N(C)C)C(O)C(C(N)=O)C(=O)[C@@]3(O)C(=O)C1=C2O. The molecule has 42 heavy (non-hydrogen) atoms. The Balaban J connectivity index is 1.59. The van der Waals surface area contributed by atoms with Gasteiger partial charge in [0, 0.05) is 42.0 Å². The molecule has 2 amide bonds. The van der Waals surface area contributed by atoms with Crippen LogP contribution >= 0.6 is 0 Å². The smallest absolute Gasteiger partial charge is 0.253 e. The Hall–Kier alpha value is -4.13. The van der Waals surface area contributed by atoms with Gasteiger partial charge in [-0.15, -0.1) is 0 Å². The number of amides is 2. The van der Waals surface area contributed by atoms with E-state index < -0.39 is 64.6 Å². The van der Waals surface area contributed by atoms with Gasteiger partial charge in [0.05, 0.1) is 17.2 Å². The monoisotopic (exact) mass is 578 g/mol. The summed E-state index contributed by atoms with van der Waals surface area (Å²) < 4.78 is 0. The number of aliphatic hydroxyl groups excluding tert-OH is 2. The van der Waals surface area contributed by atoms with Gasteiger partial charge in [0.15, 0.2) is 11.4 Å². The summed E-state index contributed by atoms with van der Waals surface area (Å²) in [6.07, 6.45) is 2.17. The van der Waals surface area contributed by atoms with Gasteiger partial charge in [-0.3, -0.25) is 24.2 Å². The van der Waals surface area contributed by atoms with E-state index in [0.29, 0.717) is 23.1 Å². The van der Waals surface area contributed by atoms with Crippen LogP contribution in [0, 0.1) is 17.8 Å². The number of fused-ring (bicyclic) bond motifs is 3. The summed E-state index contributed by atoms with van der Waals surface area (Å²) in [5.41, 5.74) is 4.50. The molecule has 0 spiro atoms. The standard InChI is InChI=1S/C30H34N4O8/c1-4-13-8-16(12-33-29(41)14-6-5-7-32-11-14)23(35)20-17(13)9-15-10-18-22(34(2)3)25(37)21(28(31)40)27(39)30(18,42)26(38)19(15)24(20)36/h5-8,11,15,18,21-22,25,35-37,42H,4,9-10,12H2,1-3H3,(H2,31,40)(H,33,41)/t15-,18-,21?,22-,25?,30-/m0/s1. The van der Waals surface area contributed by atoms with Crippen molar-refractivity contribution in [3.63, 3.8) is 0 Å². The molecule has 0 bridgehead atoms. The van der Waals surface area contributed by atoms with Crippen molar-refractivity contribution in [2.45, 2.75) is 50.5 Å². The number of pyridine rings is 1. The van der Waals surface area contributed by atoms with Crippen molar-refractivity contribution in [1.82, 2.24) is 15.2 Å². The lowest BCUT2D eigenvalue weighted by atomic mass is 9.54. The Kier molecular flexibility index (Phi) is 7.42. The molecule has 2 saturated carbocycles. The molecule has 2 fully saturated rings. The first-order chi connectivity index (χ1) is 19.8. The predicted octanol–water partition coefficient (Wildman–Crippen LogP) is 0.0164. The molecule has 2 unspecified atom stereocenters. The molecule has 2 aromatic rings. The summed E-state index contributed by atoms with van der Waals surface area (Å²) in [5, 5.41) is 48.3. The third kappa shape index (κ3) is 4.29. The minimum absolute atomic E-state index is 0.000491. The summed E-state index contributed by atoms with van der Waals surface area (Å²) in [6.45, 7) is 1.81. The number of aromatic nitrogens is 1. The topological polar surface area (TPSA) is 203 Å². The summed E-state index contributed by atoms with van der Waals surface area (Å²) in [5.74, 6) is -8.32. The number of carbonyl (C=O) groups is 4. The van der Waals surface area contributed by atoms with Crippen LogP contribution in [0.2, 0.25) is 0 Å². The predicted molar refractivity (Wildman–Crippen MR) is 149 cm³/mol. The van der Waals surface area contributed by atoms with Gasteiger partial charge >= 0.3 is 0 Å². The fraction of sp³-hybridized carbons (Fsp3) is 0.433. The molecule has 222 valence electrons. The van der Waals surface area contributed by atoms with Crippen molar-refractivity contribution >= 4 is 29.1 Å². The summed E-state index contributed by atoms with van der Waals surface area (Å²) in [4.78, 5) is 57.8. The number of aliphatic hydroxyl groups is 3. The van der Waals surface area contributed by atoms with E-state index in [2.05, 4.69) is 10.3 Å². The lowest BCUT2D eigenvalue weighted by Gasteiger charge is -2.53. The van der Waals surface area contributed by atoms with Crippen LogP contribution in [0.1, 0.15) is 46.0 Å². The second-order valence-corrected chi connectivity index (χ2v) is 11.5. The third-order valence-electron chi connectivity index (χ3n) is 9.00. The van der Waals surface area contributed by atoms with E-state index in [-0.39, 0.29) is 36.3 Å². The number of phenolic OH excluding ortho intramolecular Hbond substituents is 1. The first kappa shape index (κ1) is 29.4. The van der Waals surface area contributed by atoms with Crippen molar-refractivity contribution in [1.29, 1.82) is 0 Å². The summed E-state index contributed by atoms with van der Waals surface area (Å²) in [7, 11) is 3.21. The molecule has 7 N–H and O–H groups in total. The Bertz CT molecular complexity index is 1520. The second kappa shape index (κ2) is 10.6. The Labute approximate surface area is 241 Å². The van der Waals surface area contributed by atoms with Gasteiger partial charge < -0.3 is 36.4 Å². The van der Waals surface area contributed by atoms with Crippen LogP contribution in [0.25, 0.3) is 5.76 Å². The number of aromatic hydroxyl groups is 1. The lowest BCUT2D eigenvalue weighted by Crippen LogP contribution is -2.73. The van der Waals surface area contributed by atoms with E-state index in [9.17, 15) is 39.6 Å². The van der Waals surface area contributed by atoms with Crippen molar-refractivity contribution in [3.05, 3.63) is 64.0 Å². The van der Waals surface area contributed by atoms with Gasteiger partial charge in [0.2, 0.25) is 11.7 Å². The number of hydrogen-bond acceptors (Lipinski definition) is 10. The van der Waals surface area contributed by atoms with Crippen LogP contribution < -0.4 is 11.1 Å². The van der Waals surface area contributed by atoms with Crippen molar-refractivity contribution in [3.8, 4) is 5.75 Å².